The van der Waals surface area contributed by atoms with Crippen LogP contribution in [0.5, 0.6) is 11.5 Å². The molecule has 30 heavy (non-hydrogen) atoms. The zero-order valence-corrected chi connectivity index (χ0v) is 15.9. The Labute approximate surface area is 171 Å². The molecule has 0 bridgehead atoms. The van der Waals surface area contributed by atoms with Gasteiger partial charge in [-0.25, -0.2) is 0 Å². The molecule has 0 aliphatic rings. The maximum atomic E-state index is 12.3. The molecule has 0 radical (unpaired) electrons. The molecule has 0 unspecified atom stereocenters. The largest absolute Gasteiger partial charge is 0.493 e. The number of pyridine rings is 1. The number of nitrogens with two attached hydrogens (primary N) is 1. The van der Waals surface area contributed by atoms with Crippen molar-refractivity contribution in [2.45, 2.75) is 0 Å². The highest BCUT2D eigenvalue weighted by atomic mass is 16.5. The first kappa shape index (κ1) is 20.2. The number of carbonyl (C=O) groups excluding carboxylic acids is 1. The van der Waals surface area contributed by atoms with Crippen LogP contribution in [0.2, 0.25) is 0 Å². The van der Waals surface area contributed by atoms with E-state index in [1.165, 1.54) is 19.2 Å². The second kappa shape index (κ2) is 8.63. The molecule has 2 aromatic carbocycles. The third-order valence-electron chi connectivity index (χ3n) is 4.38. The van der Waals surface area contributed by atoms with Crippen molar-refractivity contribution in [3.8, 4) is 34.8 Å². The van der Waals surface area contributed by atoms with E-state index in [1.54, 1.807) is 30.3 Å². The zero-order valence-electron chi connectivity index (χ0n) is 15.9. The number of anilines is 1. The van der Waals surface area contributed by atoms with Crippen LogP contribution < -0.4 is 20.8 Å². The van der Waals surface area contributed by atoms with Crippen molar-refractivity contribution in [1.29, 1.82) is 10.5 Å². The average molecular weight is 400 g/mol. The van der Waals surface area contributed by atoms with Crippen LogP contribution in [0.25, 0.3) is 11.1 Å². The van der Waals surface area contributed by atoms with E-state index in [2.05, 4.69) is 4.98 Å². The number of aromatic nitrogens is 1. The van der Waals surface area contributed by atoms with E-state index in [9.17, 15) is 20.1 Å². The van der Waals surface area contributed by atoms with Crippen LogP contribution in [0, 0.1) is 22.7 Å². The molecule has 148 valence electrons. The summed E-state index contributed by atoms with van der Waals surface area (Å²) in [7, 11) is 1.41. The van der Waals surface area contributed by atoms with Crippen LogP contribution >= 0.6 is 0 Å². The van der Waals surface area contributed by atoms with Crippen molar-refractivity contribution in [1.82, 2.24) is 4.98 Å². The van der Waals surface area contributed by atoms with Gasteiger partial charge in [0.15, 0.2) is 23.9 Å². The number of nitrogens with zero attached hydrogens (tertiary/aromatic N) is 2. The summed E-state index contributed by atoms with van der Waals surface area (Å²) in [5, 5.41) is 18.8. The summed E-state index contributed by atoms with van der Waals surface area (Å²) in [5.74, 6) is 0.215. The van der Waals surface area contributed by atoms with E-state index in [-0.39, 0.29) is 40.6 Å². The number of aromatic amines is 1. The van der Waals surface area contributed by atoms with Crippen molar-refractivity contribution < 1.29 is 14.3 Å². The number of methoxy groups -OCH3 is 1. The minimum atomic E-state index is -0.697. The smallest absolute Gasteiger partial charge is 0.268 e. The summed E-state index contributed by atoms with van der Waals surface area (Å²) < 4.78 is 10.9. The predicted octanol–water partition coefficient (Wildman–Crippen LogP) is 2.64. The lowest BCUT2D eigenvalue weighted by Gasteiger charge is -2.14. The average Bonchev–Trinajstić information content (AvgIpc) is 2.77. The van der Waals surface area contributed by atoms with Gasteiger partial charge in [-0.2, -0.15) is 10.5 Å². The molecule has 1 aromatic heterocycles. The Morgan fingerprint density at radius 3 is 2.40 bits per heavy atom. The molecular weight excluding hydrogens is 384 g/mol. The number of Topliss-reactive ketones (excluding diaryl/α,β-unsaturated/α-hetero) is 1. The number of nitrogen functional groups attached to an aromatic ring is 1. The molecule has 0 spiro atoms. The topological polar surface area (TPSA) is 142 Å². The fraction of sp³-hybridized carbons (Fsp3) is 0.0909. The number of hydrogen-bond acceptors (Lipinski definition) is 7. The van der Waals surface area contributed by atoms with E-state index in [0.29, 0.717) is 16.9 Å². The van der Waals surface area contributed by atoms with Crippen LogP contribution in [-0.4, -0.2) is 24.5 Å². The summed E-state index contributed by atoms with van der Waals surface area (Å²) in [6.45, 7) is -0.204. The van der Waals surface area contributed by atoms with Gasteiger partial charge in [-0.1, -0.05) is 36.4 Å². The van der Waals surface area contributed by atoms with Gasteiger partial charge in [-0.05, 0) is 17.7 Å². The molecule has 3 rings (SSSR count). The van der Waals surface area contributed by atoms with Crippen LogP contribution in [0.3, 0.4) is 0 Å². The first-order valence-electron chi connectivity index (χ1n) is 8.75. The minimum Gasteiger partial charge on any atom is -0.493 e. The summed E-state index contributed by atoms with van der Waals surface area (Å²) in [4.78, 5) is 26.7. The molecule has 0 saturated heterocycles. The fourth-order valence-electron chi connectivity index (χ4n) is 2.93. The maximum Gasteiger partial charge on any atom is 0.268 e. The second-order valence-corrected chi connectivity index (χ2v) is 6.16. The van der Waals surface area contributed by atoms with Crippen molar-refractivity contribution in [2.75, 3.05) is 19.5 Å². The first-order chi connectivity index (χ1) is 14.5. The van der Waals surface area contributed by atoms with Crippen LogP contribution in [-0.2, 0) is 0 Å². The van der Waals surface area contributed by atoms with Gasteiger partial charge in [0.05, 0.1) is 7.11 Å². The molecule has 3 N–H and O–H groups in total. The number of ketones is 1. The van der Waals surface area contributed by atoms with Gasteiger partial charge < -0.3 is 20.2 Å². The lowest BCUT2D eigenvalue weighted by molar-refractivity contribution is 0.0919. The van der Waals surface area contributed by atoms with Gasteiger partial charge in [0.2, 0.25) is 0 Å². The highest BCUT2D eigenvalue weighted by molar-refractivity contribution is 5.97. The summed E-state index contributed by atoms with van der Waals surface area (Å²) in [6, 6.07) is 17.0. The Balaban J connectivity index is 1.98. The molecule has 0 aliphatic carbocycles. The lowest BCUT2D eigenvalue weighted by atomic mass is 9.96. The van der Waals surface area contributed by atoms with Gasteiger partial charge in [0.1, 0.15) is 29.1 Å². The molecule has 0 atom stereocenters. The molecular formula is C22H16N4O4. The van der Waals surface area contributed by atoms with E-state index in [0.717, 1.165) is 0 Å². The molecule has 1 heterocycles. The summed E-state index contributed by atoms with van der Waals surface area (Å²) in [5.41, 5.74) is 5.78. The van der Waals surface area contributed by atoms with Gasteiger partial charge in [0.25, 0.3) is 5.56 Å². The summed E-state index contributed by atoms with van der Waals surface area (Å²) in [6.07, 6.45) is 0. The van der Waals surface area contributed by atoms with E-state index < -0.39 is 5.56 Å². The minimum absolute atomic E-state index is 0.0267. The molecule has 3 aromatic rings. The number of carbonyl (C=O) groups is 1. The number of hydrogen-bond donors (Lipinski definition) is 2. The Hall–Kier alpha value is -4.56. The molecule has 0 fully saturated rings. The molecule has 8 nitrogen and oxygen atoms in total. The monoisotopic (exact) mass is 400 g/mol. The number of nitrogens with one attached hydrogen (secondary N) is 1. The first-order valence-corrected chi connectivity index (χ1v) is 8.75. The van der Waals surface area contributed by atoms with Crippen LogP contribution in [0.15, 0.2) is 53.3 Å². The van der Waals surface area contributed by atoms with Crippen LogP contribution in [0.1, 0.15) is 21.5 Å². The highest BCUT2D eigenvalue weighted by Gasteiger charge is 2.20. The molecule has 0 saturated carbocycles. The van der Waals surface area contributed by atoms with Gasteiger partial charge in [-0.15, -0.1) is 0 Å². The maximum absolute atomic E-state index is 12.3. The molecule has 0 aliphatic heterocycles. The number of H-pyrrole nitrogens is 1. The third-order valence-corrected chi connectivity index (χ3v) is 4.38. The van der Waals surface area contributed by atoms with Gasteiger partial charge in [0, 0.05) is 11.1 Å². The van der Waals surface area contributed by atoms with Gasteiger partial charge in [-0.3, -0.25) is 9.59 Å². The number of nitriles is 2. The lowest BCUT2D eigenvalue weighted by Crippen LogP contribution is -2.16. The SMILES string of the molecule is COc1cc(-c2c(C#N)c(N)[nH]c(=O)c2C#N)ccc1OCC(=O)c1ccccc1. The van der Waals surface area contributed by atoms with E-state index in [1.807, 2.05) is 18.2 Å². The number of ether oxygens (including phenoxy) is 2. The standard InChI is InChI=1S/C22H16N4O4/c1-29-19-9-14(20-15(10-23)21(25)26-22(28)16(20)11-24)7-8-18(19)30-12-17(27)13-5-3-2-4-6-13/h2-9H,12H2,1H3,(H3,25,26,28). The van der Waals surface area contributed by atoms with Crippen LogP contribution in [0.4, 0.5) is 5.82 Å². The van der Waals surface area contributed by atoms with E-state index in [4.69, 9.17) is 15.2 Å². The molecule has 8 heteroatoms. The van der Waals surface area contributed by atoms with Crippen molar-refractivity contribution >= 4 is 11.6 Å². The van der Waals surface area contributed by atoms with Crippen molar-refractivity contribution in [3.05, 3.63) is 75.6 Å². The predicted molar refractivity (Wildman–Crippen MR) is 109 cm³/mol. The number of rotatable bonds is 6. The van der Waals surface area contributed by atoms with Crippen molar-refractivity contribution in [2.24, 2.45) is 0 Å². The van der Waals surface area contributed by atoms with Crippen molar-refractivity contribution in [3.63, 3.8) is 0 Å². The number of benzene rings is 2. The normalized spacial score (nSPS) is 9.97. The van der Waals surface area contributed by atoms with E-state index >= 15 is 0 Å². The Bertz CT molecular complexity index is 1250. The van der Waals surface area contributed by atoms with Gasteiger partial charge >= 0.3 is 0 Å². The Morgan fingerprint density at radius 2 is 1.77 bits per heavy atom. The summed E-state index contributed by atoms with van der Waals surface area (Å²) >= 11 is 0. The quantitative estimate of drug-likeness (QED) is 0.606. The highest BCUT2D eigenvalue weighted by Crippen LogP contribution is 2.35. The molecule has 0 amide bonds. The Kier molecular flexibility index (Phi) is 5.81. The third kappa shape index (κ3) is 3.84. The Morgan fingerprint density at radius 1 is 1.07 bits per heavy atom. The zero-order chi connectivity index (χ0) is 21.7. The fourth-order valence-corrected chi connectivity index (χ4v) is 2.93. The second-order valence-electron chi connectivity index (χ2n) is 6.16.